The number of anilines is 1. The van der Waals surface area contributed by atoms with E-state index in [1.807, 2.05) is 13.8 Å². The van der Waals surface area contributed by atoms with Gasteiger partial charge < -0.3 is 9.64 Å². The minimum absolute atomic E-state index is 0.0665. The Labute approximate surface area is 207 Å². The molecule has 0 spiro atoms. The molecule has 2 aromatic carbocycles. The van der Waals surface area contributed by atoms with Gasteiger partial charge in [-0.2, -0.15) is 5.10 Å². The molecule has 0 N–H and O–H groups in total. The zero-order valence-corrected chi connectivity index (χ0v) is 20.8. The molecule has 0 amide bonds. The first-order valence-electron chi connectivity index (χ1n) is 11.0. The normalized spacial score (nSPS) is 20.1. The summed E-state index contributed by atoms with van der Waals surface area (Å²) in [5.41, 5.74) is 3.41. The third kappa shape index (κ3) is 5.75. The Bertz CT molecular complexity index is 1260. The highest BCUT2D eigenvalue weighted by molar-refractivity contribution is 7.91. The predicted octanol–water partition coefficient (Wildman–Crippen LogP) is 5.01. The van der Waals surface area contributed by atoms with Crippen LogP contribution < -0.4 is 9.64 Å². The Morgan fingerprint density at radius 2 is 1.80 bits per heavy atom. The lowest BCUT2D eigenvalue weighted by Gasteiger charge is -2.31. The van der Waals surface area contributed by atoms with Gasteiger partial charge in [-0.15, -0.1) is 13.2 Å². The first-order chi connectivity index (χ1) is 16.3. The van der Waals surface area contributed by atoms with E-state index >= 15 is 0 Å². The van der Waals surface area contributed by atoms with E-state index in [-0.39, 0.29) is 42.1 Å². The van der Waals surface area contributed by atoms with Crippen LogP contribution in [0, 0.1) is 0 Å². The molecule has 2 aromatic rings. The van der Waals surface area contributed by atoms with Crippen molar-refractivity contribution in [3.63, 3.8) is 0 Å². The summed E-state index contributed by atoms with van der Waals surface area (Å²) in [5.74, 6) is -0.649. The van der Waals surface area contributed by atoms with Crippen LogP contribution in [0.3, 0.4) is 0 Å². The van der Waals surface area contributed by atoms with E-state index in [2.05, 4.69) is 11.3 Å². The number of allylic oxidation sites excluding steroid dienone is 1. The molecule has 2 aliphatic rings. The third-order valence-corrected chi connectivity index (χ3v) is 7.86. The molecule has 4 rings (SSSR count). The third-order valence-electron chi connectivity index (χ3n) is 6.00. The summed E-state index contributed by atoms with van der Waals surface area (Å²) in [6.45, 7) is 7.87. The lowest BCUT2D eigenvalue weighted by Crippen LogP contribution is -2.40. The van der Waals surface area contributed by atoms with Gasteiger partial charge in [-0.05, 0) is 50.1 Å². The maximum absolute atomic E-state index is 13.4. The van der Waals surface area contributed by atoms with Gasteiger partial charge in [-0.25, -0.2) is 8.42 Å². The number of hydrogen-bond acceptors (Lipinski definition) is 6. The highest BCUT2D eigenvalue weighted by Crippen LogP contribution is 2.39. The Morgan fingerprint density at radius 3 is 2.37 bits per heavy atom. The number of fused-ring (bicyclic) bond motifs is 1. The zero-order chi connectivity index (χ0) is 25.5. The Balaban J connectivity index is 1.91. The van der Waals surface area contributed by atoms with E-state index in [1.165, 1.54) is 6.07 Å². The summed E-state index contributed by atoms with van der Waals surface area (Å²) in [7, 11) is -3.23. The summed E-state index contributed by atoms with van der Waals surface area (Å²) in [6.07, 6.45) is -4.51. The van der Waals surface area contributed by atoms with Crippen molar-refractivity contribution < 1.29 is 26.3 Å². The molecule has 1 unspecified atom stereocenters. The van der Waals surface area contributed by atoms with Crippen LogP contribution >= 0.6 is 11.6 Å². The van der Waals surface area contributed by atoms with Gasteiger partial charge in [-0.3, -0.25) is 5.01 Å². The van der Waals surface area contributed by atoms with Crippen LogP contribution in [-0.4, -0.2) is 56.1 Å². The molecule has 188 valence electrons. The molecule has 11 heteroatoms. The van der Waals surface area contributed by atoms with E-state index < -0.39 is 16.2 Å². The van der Waals surface area contributed by atoms with E-state index in [0.717, 1.165) is 5.56 Å². The molecular formula is C24H25ClF3N3O3S. The molecule has 6 nitrogen and oxygen atoms in total. The minimum atomic E-state index is -4.90. The molecule has 0 aromatic heterocycles. The second-order valence-corrected chi connectivity index (χ2v) is 11.5. The van der Waals surface area contributed by atoms with Crippen LogP contribution in [0.25, 0.3) is 0 Å². The monoisotopic (exact) mass is 527 g/mol. The van der Waals surface area contributed by atoms with Crippen molar-refractivity contribution in [2.75, 3.05) is 29.5 Å². The van der Waals surface area contributed by atoms with Crippen molar-refractivity contribution in [1.29, 1.82) is 0 Å². The molecular weight excluding hydrogens is 503 g/mol. The van der Waals surface area contributed by atoms with Crippen molar-refractivity contribution >= 4 is 32.8 Å². The van der Waals surface area contributed by atoms with E-state index in [4.69, 9.17) is 16.7 Å². The highest BCUT2D eigenvalue weighted by atomic mass is 35.5. The first kappa shape index (κ1) is 25.4. The van der Waals surface area contributed by atoms with Crippen LogP contribution in [0.1, 0.15) is 30.5 Å². The number of hydrogen-bond donors (Lipinski definition) is 0. The number of alkyl halides is 3. The van der Waals surface area contributed by atoms with Gasteiger partial charge in [0, 0.05) is 34.9 Å². The minimum Gasteiger partial charge on any atom is -0.404 e. The molecule has 35 heavy (non-hydrogen) atoms. The second kappa shape index (κ2) is 9.39. The maximum Gasteiger partial charge on any atom is 0.573 e. The number of ether oxygens (including phenoxy) is 1. The fraction of sp³-hybridized carbons (Fsp3) is 0.375. The molecule has 0 radical (unpaired) electrons. The Morgan fingerprint density at radius 1 is 1.17 bits per heavy atom. The van der Waals surface area contributed by atoms with Gasteiger partial charge in [0.15, 0.2) is 15.6 Å². The molecule has 1 atom stereocenters. The fourth-order valence-electron chi connectivity index (χ4n) is 4.35. The van der Waals surface area contributed by atoms with Gasteiger partial charge in [-0.1, -0.05) is 30.3 Å². The summed E-state index contributed by atoms with van der Waals surface area (Å²) in [5, 5.41) is 7.13. The Kier molecular flexibility index (Phi) is 6.80. The topological polar surface area (TPSA) is 62.2 Å². The van der Waals surface area contributed by atoms with Crippen molar-refractivity contribution in [3.8, 4) is 5.75 Å². The summed E-state index contributed by atoms with van der Waals surface area (Å²) in [6, 6.07) is 9.87. The van der Waals surface area contributed by atoms with E-state index in [1.54, 1.807) is 40.2 Å². The molecule has 1 fully saturated rings. The van der Waals surface area contributed by atoms with Crippen LogP contribution in [-0.2, 0) is 16.3 Å². The average molecular weight is 528 g/mol. The molecule has 2 heterocycles. The second-order valence-electron chi connectivity index (χ2n) is 8.75. The van der Waals surface area contributed by atoms with Gasteiger partial charge >= 0.3 is 6.36 Å². The van der Waals surface area contributed by atoms with E-state index in [0.29, 0.717) is 34.0 Å². The first-order valence-corrected chi connectivity index (χ1v) is 13.2. The number of rotatable bonds is 4. The van der Waals surface area contributed by atoms with Crippen molar-refractivity contribution in [2.24, 2.45) is 5.10 Å². The quantitative estimate of drug-likeness (QED) is 0.559. The maximum atomic E-state index is 13.4. The van der Waals surface area contributed by atoms with Gasteiger partial charge in [0.25, 0.3) is 0 Å². The number of benzene rings is 2. The van der Waals surface area contributed by atoms with Gasteiger partial charge in [0.05, 0.1) is 28.9 Å². The zero-order valence-electron chi connectivity index (χ0n) is 19.3. The molecule has 1 saturated heterocycles. The van der Waals surface area contributed by atoms with E-state index in [9.17, 15) is 21.6 Å². The van der Waals surface area contributed by atoms with Gasteiger partial charge in [0.2, 0.25) is 0 Å². The smallest absolute Gasteiger partial charge is 0.404 e. The van der Waals surface area contributed by atoms with Crippen LogP contribution in [0.4, 0.5) is 18.9 Å². The predicted molar refractivity (Wildman–Crippen MR) is 131 cm³/mol. The number of sulfone groups is 1. The lowest BCUT2D eigenvalue weighted by atomic mass is 9.93. The SMILES string of the molecule is C=C(C)N1N=C(c2ccc(Cl)cc2)c2cc(N3CCS(=O)(=O)CC3)c(OC(F)(F)F)cc2CC1C. The number of nitrogens with zero attached hydrogens (tertiary/aromatic N) is 3. The van der Waals surface area contributed by atoms with Crippen molar-refractivity contribution in [2.45, 2.75) is 32.7 Å². The lowest BCUT2D eigenvalue weighted by molar-refractivity contribution is -0.274. The van der Waals surface area contributed by atoms with Crippen LogP contribution in [0.15, 0.2) is 53.8 Å². The Hall–Kier alpha value is -2.72. The van der Waals surface area contributed by atoms with Crippen LogP contribution in [0.5, 0.6) is 5.75 Å². The number of halogens is 4. The largest absolute Gasteiger partial charge is 0.573 e. The fourth-order valence-corrected chi connectivity index (χ4v) is 5.68. The summed E-state index contributed by atoms with van der Waals surface area (Å²) >= 11 is 6.07. The molecule has 0 aliphatic carbocycles. The van der Waals surface area contributed by atoms with Crippen LogP contribution in [0.2, 0.25) is 5.02 Å². The van der Waals surface area contributed by atoms with Crippen molar-refractivity contribution in [3.05, 3.63) is 70.4 Å². The highest BCUT2D eigenvalue weighted by Gasteiger charge is 2.35. The average Bonchev–Trinajstić information content (AvgIpc) is 2.88. The van der Waals surface area contributed by atoms with Crippen molar-refractivity contribution in [1.82, 2.24) is 5.01 Å². The summed E-state index contributed by atoms with van der Waals surface area (Å²) in [4.78, 5) is 1.62. The molecule has 2 aliphatic heterocycles. The molecule has 0 bridgehead atoms. The summed E-state index contributed by atoms with van der Waals surface area (Å²) < 4.78 is 68.4. The standard InChI is InChI=1S/C24H25ClF3N3O3S/c1-15(2)31-16(3)12-18-13-22(34-24(26,27)28)21(30-8-10-35(32,33)11-9-30)14-20(18)23(29-31)17-4-6-19(25)7-5-17/h4-7,13-14,16H,1,8-12H2,2-3H3. The molecule has 0 saturated carbocycles. The van der Waals surface area contributed by atoms with Gasteiger partial charge in [0.1, 0.15) is 0 Å². The number of hydrazone groups is 1.